The summed E-state index contributed by atoms with van der Waals surface area (Å²) in [6.07, 6.45) is 7.53. The fraction of sp³-hybridized carbons (Fsp3) is 0.773. The Balaban J connectivity index is 0.00000103. The Bertz CT molecular complexity index is 583. The summed E-state index contributed by atoms with van der Waals surface area (Å²) in [4.78, 5) is 38.5. The molecule has 172 valence electrons. The highest BCUT2D eigenvalue weighted by atomic mass is 16.5. The number of carboxylic acids is 1. The van der Waals surface area contributed by atoms with E-state index in [0.29, 0.717) is 26.0 Å². The third kappa shape index (κ3) is 7.09. The molecule has 2 aliphatic rings. The Kier molecular flexibility index (Phi) is 11.7. The monoisotopic (exact) mass is 425 g/mol. The maximum atomic E-state index is 13.1. The van der Waals surface area contributed by atoms with E-state index in [-0.39, 0.29) is 23.8 Å². The number of rotatable bonds is 9. The summed E-state index contributed by atoms with van der Waals surface area (Å²) in [6.45, 7) is 9.65. The topological polar surface area (TPSA) is 122 Å². The van der Waals surface area contributed by atoms with E-state index in [1.165, 1.54) is 0 Å². The fourth-order valence-electron chi connectivity index (χ4n) is 4.39. The molecule has 0 aromatic rings. The van der Waals surface area contributed by atoms with Gasteiger partial charge in [0.2, 0.25) is 5.91 Å². The lowest BCUT2D eigenvalue weighted by Crippen LogP contribution is -2.55. The Hall–Kier alpha value is -1.93. The van der Waals surface area contributed by atoms with Crippen LogP contribution in [0.25, 0.3) is 0 Å². The van der Waals surface area contributed by atoms with Gasteiger partial charge in [-0.2, -0.15) is 0 Å². The number of amides is 1. The molecule has 0 bridgehead atoms. The lowest BCUT2D eigenvalue weighted by molar-refractivity contribution is -0.152. The quantitative estimate of drug-likeness (QED) is 0.382. The number of hydrogen-bond acceptors (Lipinski definition) is 6. The van der Waals surface area contributed by atoms with Crippen LogP contribution in [-0.2, 0) is 19.1 Å². The number of carboxylic acid groups (broad SMARTS) is 1. The molecule has 8 nitrogen and oxygen atoms in total. The molecule has 2 fully saturated rings. The van der Waals surface area contributed by atoms with Crippen molar-refractivity contribution in [3.8, 4) is 0 Å². The normalized spacial score (nSPS) is 24.7. The second-order valence-electron chi connectivity index (χ2n) is 7.95. The van der Waals surface area contributed by atoms with Gasteiger partial charge in [0, 0.05) is 12.6 Å². The van der Waals surface area contributed by atoms with Crippen LogP contribution in [0.3, 0.4) is 0 Å². The van der Waals surface area contributed by atoms with Crippen LogP contribution in [0, 0.1) is 5.92 Å². The summed E-state index contributed by atoms with van der Waals surface area (Å²) in [5, 5.41) is 12.7. The highest BCUT2D eigenvalue weighted by molar-refractivity contribution is 5.88. The zero-order valence-electron chi connectivity index (χ0n) is 18.6. The minimum absolute atomic E-state index is 0.00817. The number of fused-ring (bicyclic) bond motifs is 1. The molecule has 0 unspecified atom stereocenters. The molecule has 5 atom stereocenters. The van der Waals surface area contributed by atoms with Crippen LogP contribution < -0.4 is 11.1 Å². The van der Waals surface area contributed by atoms with Gasteiger partial charge in [0.15, 0.2) is 0 Å². The number of likely N-dealkylation sites (tertiary alicyclic amines) is 1. The molecular formula is C22H39N3O5. The third-order valence-corrected chi connectivity index (χ3v) is 5.76. The van der Waals surface area contributed by atoms with Crippen molar-refractivity contribution in [3.05, 3.63) is 12.7 Å². The van der Waals surface area contributed by atoms with Crippen LogP contribution in [0.15, 0.2) is 12.7 Å². The minimum Gasteiger partial charge on any atom is -0.480 e. The molecule has 1 amide bonds. The first-order valence-electron chi connectivity index (χ1n) is 11.1. The lowest BCUT2D eigenvalue weighted by Gasteiger charge is -2.35. The SMILES string of the molecule is C=CCN.CCC[C@H](N[C@@H](C)C(=O)N1[C@H](C(=O)O)C[C@@H]2CCCC[C@@H]21)C(=O)OCC. The Labute approximate surface area is 180 Å². The van der Waals surface area contributed by atoms with Crippen LogP contribution in [0.4, 0.5) is 0 Å². The van der Waals surface area contributed by atoms with Crippen molar-refractivity contribution < 1.29 is 24.2 Å². The number of ether oxygens (including phenoxy) is 1. The Morgan fingerprint density at radius 2 is 1.93 bits per heavy atom. The summed E-state index contributed by atoms with van der Waals surface area (Å²) in [5.74, 6) is -1.24. The predicted molar refractivity (Wildman–Crippen MR) is 116 cm³/mol. The zero-order chi connectivity index (χ0) is 22.7. The number of hydrogen-bond donors (Lipinski definition) is 3. The molecule has 1 aliphatic carbocycles. The number of aliphatic carboxylic acids is 1. The van der Waals surface area contributed by atoms with Gasteiger partial charge in [0.25, 0.3) is 0 Å². The van der Waals surface area contributed by atoms with Gasteiger partial charge in [-0.1, -0.05) is 32.3 Å². The van der Waals surface area contributed by atoms with E-state index in [1.807, 2.05) is 6.92 Å². The fourth-order valence-corrected chi connectivity index (χ4v) is 4.39. The van der Waals surface area contributed by atoms with Crippen LogP contribution in [-0.4, -0.2) is 65.2 Å². The number of carbonyl (C=O) groups is 3. The van der Waals surface area contributed by atoms with Gasteiger partial charge in [0.05, 0.1) is 12.6 Å². The Morgan fingerprint density at radius 1 is 1.30 bits per heavy atom. The molecule has 1 saturated carbocycles. The van der Waals surface area contributed by atoms with E-state index >= 15 is 0 Å². The van der Waals surface area contributed by atoms with Gasteiger partial charge in [-0.3, -0.25) is 14.9 Å². The summed E-state index contributed by atoms with van der Waals surface area (Å²) < 4.78 is 5.09. The number of nitrogens with zero attached hydrogens (tertiary/aromatic N) is 1. The average Bonchev–Trinajstić information content (AvgIpc) is 3.13. The number of nitrogens with one attached hydrogen (secondary N) is 1. The lowest BCUT2D eigenvalue weighted by atomic mass is 9.84. The van der Waals surface area contributed by atoms with Crippen molar-refractivity contribution in [2.45, 2.75) is 89.9 Å². The maximum Gasteiger partial charge on any atom is 0.326 e. The third-order valence-electron chi connectivity index (χ3n) is 5.76. The highest BCUT2D eigenvalue weighted by Gasteiger charge is 2.48. The number of esters is 1. The molecular weight excluding hydrogens is 386 g/mol. The second kappa shape index (κ2) is 13.4. The smallest absolute Gasteiger partial charge is 0.326 e. The van der Waals surface area contributed by atoms with E-state index in [9.17, 15) is 19.5 Å². The molecule has 0 spiro atoms. The molecule has 4 N–H and O–H groups in total. The molecule has 1 heterocycles. The molecule has 1 aliphatic heterocycles. The average molecular weight is 426 g/mol. The van der Waals surface area contributed by atoms with Crippen molar-refractivity contribution in [1.29, 1.82) is 0 Å². The van der Waals surface area contributed by atoms with E-state index in [2.05, 4.69) is 11.9 Å². The van der Waals surface area contributed by atoms with Crippen LogP contribution in [0.1, 0.15) is 65.7 Å². The zero-order valence-corrected chi connectivity index (χ0v) is 18.6. The standard InChI is InChI=1S/C19H32N2O5.C3H7N/c1-4-8-14(19(25)26-5-2)20-12(3)17(22)21-15-10-7-6-9-13(15)11-16(21)18(23)24;1-2-3-4/h12-16,20H,4-11H2,1-3H3,(H,23,24);2H,1,3-4H2/t12-,13-,14-,15-,16-;/m0./s1. The maximum absolute atomic E-state index is 13.1. The van der Waals surface area contributed by atoms with Crippen LogP contribution in [0.2, 0.25) is 0 Å². The Morgan fingerprint density at radius 3 is 2.47 bits per heavy atom. The molecule has 0 aromatic carbocycles. The summed E-state index contributed by atoms with van der Waals surface area (Å²) >= 11 is 0. The van der Waals surface area contributed by atoms with Crippen LogP contribution >= 0.6 is 0 Å². The van der Waals surface area contributed by atoms with Gasteiger partial charge < -0.3 is 20.5 Å². The number of carbonyl (C=O) groups excluding carboxylic acids is 2. The first-order valence-corrected chi connectivity index (χ1v) is 11.1. The van der Waals surface area contributed by atoms with Gasteiger partial charge in [-0.25, -0.2) is 4.79 Å². The molecule has 0 aromatic heterocycles. The summed E-state index contributed by atoms with van der Waals surface area (Å²) in [5.41, 5.74) is 4.91. The first kappa shape index (κ1) is 26.1. The molecule has 30 heavy (non-hydrogen) atoms. The van der Waals surface area contributed by atoms with Crippen molar-refractivity contribution >= 4 is 17.8 Å². The van der Waals surface area contributed by atoms with Gasteiger partial charge in [0.1, 0.15) is 12.1 Å². The molecule has 8 heteroatoms. The van der Waals surface area contributed by atoms with Gasteiger partial charge in [-0.15, -0.1) is 6.58 Å². The van der Waals surface area contributed by atoms with Crippen molar-refractivity contribution in [2.75, 3.05) is 13.2 Å². The van der Waals surface area contributed by atoms with Crippen molar-refractivity contribution in [1.82, 2.24) is 10.2 Å². The highest BCUT2D eigenvalue weighted by Crippen LogP contribution is 2.40. The van der Waals surface area contributed by atoms with E-state index in [4.69, 9.17) is 10.5 Å². The van der Waals surface area contributed by atoms with Crippen LogP contribution in [0.5, 0.6) is 0 Å². The predicted octanol–water partition coefficient (Wildman–Crippen LogP) is 2.07. The van der Waals surface area contributed by atoms with Crippen molar-refractivity contribution in [3.63, 3.8) is 0 Å². The number of nitrogens with two attached hydrogens (primary N) is 1. The molecule has 0 radical (unpaired) electrons. The molecule has 1 saturated heterocycles. The van der Waals surface area contributed by atoms with E-state index < -0.39 is 24.1 Å². The van der Waals surface area contributed by atoms with Crippen molar-refractivity contribution in [2.24, 2.45) is 11.7 Å². The van der Waals surface area contributed by atoms with Gasteiger partial charge in [-0.05, 0) is 45.4 Å². The molecule has 2 rings (SSSR count). The minimum atomic E-state index is -0.935. The largest absolute Gasteiger partial charge is 0.480 e. The summed E-state index contributed by atoms with van der Waals surface area (Å²) in [7, 11) is 0. The van der Waals surface area contributed by atoms with E-state index in [1.54, 1.807) is 24.8 Å². The van der Waals surface area contributed by atoms with E-state index in [0.717, 1.165) is 32.1 Å². The second-order valence-corrected chi connectivity index (χ2v) is 7.95. The summed E-state index contributed by atoms with van der Waals surface area (Å²) in [6, 6.07) is -1.92. The first-order chi connectivity index (χ1) is 14.3. The van der Waals surface area contributed by atoms with Gasteiger partial charge >= 0.3 is 11.9 Å².